The van der Waals surface area contributed by atoms with Crippen molar-refractivity contribution in [2.75, 3.05) is 19.6 Å². The highest BCUT2D eigenvalue weighted by Crippen LogP contribution is 2.17. The van der Waals surface area contributed by atoms with Crippen molar-refractivity contribution < 1.29 is 19.5 Å². The van der Waals surface area contributed by atoms with Crippen LogP contribution in [-0.4, -0.2) is 65.5 Å². The van der Waals surface area contributed by atoms with E-state index in [1.54, 1.807) is 0 Å². The van der Waals surface area contributed by atoms with E-state index in [0.29, 0.717) is 25.8 Å². The largest absolute Gasteiger partial charge is 0.480 e. The van der Waals surface area contributed by atoms with Gasteiger partial charge in [0.2, 0.25) is 11.8 Å². The minimum Gasteiger partial charge on any atom is -0.480 e. The number of aliphatic imine (C=N–C) groups is 1. The van der Waals surface area contributed by atoms with Crippen molar-refractivity contribution in [3.8, 4) is 0 Å². The highest BCUT2D eigenvalue weighted by molar-refractivity contribution is 5.91. The average Bonchev–Trinajstić information content (AvgIpc) is 2.98. The minimum atomic E-state index is -1.14. The number of aliphatic carboxylic acids is 1. The van der Waals surface area contributed by atoms with Gasteiger partial charge >= 0.3 is 5.97 Å². The van der Waals surface area contributed by atoms with Crippen molar-refractivity contribution in [1.82, 2.24) is 10.2 Å². The molecule has 10 nitrogen and oxygen atoms in total. The first-order valence-corrected chi connectivity index (χ1v) is 7.45. The molecule has 0 aromatic carbocycles. The standard InChI is InChI=1S/C13H24N6O4/c14-7-10(20)19-6-2-4-9(19)11(21)18-8(12(22)23)3-1-5-17-13(15)16/h8-9H,1-7,14H2,(H,18,21)(H,22,23)(H4,15,16,17). The number of carbonyl (C=O) groups excluding carboxylic acids is 2. The van der Waals surface area contributed by atoms with E-state index in [1.807, 2.05) is 0 Å². The van der Waals surface area contributed by atoms with Crippen LogP contribution < -0.4 is 22.5 Å². The SMILES string of the molecule is NCC(=O)N1CCCC1C(=O)NC(CCCN=C(N)N)C(=O)O. The summed E-state index contributed by atoms with van der Waals surface area (Å²) in [5.74, 6) is -2.00. The zero-order chi connectivity index (χ0) is 17.4. The van der Waals surface area contributed by atoms with E-state index < -0.39 is 24.0 Å². The lowest BCUT2D eigenvalue weighted by molar-refractivity contribution is -0.143. The predicted molar refractivity (Wildman–Crippen MR) is 83.3 cm³/mol. The van der Waals surface area contributed by atoms with Crippen LogP contribution in [0.5, 0.6) is 0 Å². The molecule has 0 aromatic rings. The first kappa shape index (κ1) is 18.7. The second-order valence-electron chi connectivity index (χ2n) is 5.30. The summed E-state index contributed by atoms with van der Waals surface area (Å²) >= 11 is 0. The first-order chi connectivity index (χ1) is 10.9. The van der Waals surface area contributed by atoms with Crippen LogP contribution in [-0.2, 0) is 14.4 Å². The Balaban J connectivity index is 2.58. The van der Waals surface area contributed by atoms with Gasteiger partial charge in [0.1, 0.15) is 12.1 Å². The number of nitrogens with one attached hydrogen (secondary N) is 1. The molecule has 1 aliphatic heterocycles. The fraction of sp³-hybridized carbons (Fsp3) is 0.692. The molecule has 23 heavy (non-hydrogen) atoms. The number of likely N-dealkylation sites (tertiary alicyclic amines) is 1. The number of hydrogen-bond donors (Lipinski definition) is 5. The number of guanidine groups is 1. The Labute approximate surface area is 134 Å². The molecular formula is C13H24N6O4. The molecule has 2 unspecified atom stereocenters. The Morgan fingerprint density at radius 1 is 1.35 bits per heavy atom. The van der Waals surface area contributed by atoms with Crippen LogP contribution in [0.25, 0.3) is 0 Å². The molecule has 0 bridgehead atoms. The Kier molecular flexibility index (Phi) is 7.26. The summed E-state index contributed by atoms with van der Waals surface area (Å²) in [5, 5.41) is 11.7. The van der Waals surface area contributed by atoms with Crippen molar-refractivity contribution in [3.63, 3.8) is 0 Å². The number of carboxylic acids is 1. The van der Waals surface area contributed by atoms with E-state index >= 15 is 0 Å². The maximum atomic E-state index is 12.3. The Hall–Kier alpha value is -2.36. The zero-order valence-electron chi connectivity index (χ0n) is 12.9. The second kappa shape index (κ2) is 8.93. The summed E-state index contributed by atoms with van der Waals surface area (Å²) in [4.78, 5) is 40.3. The molecule has 0 saturated carbocycles. The number of carbonyl (C=O) groups is 3. The van der Waals surface area contributed by atoms with Crippen LogP contribution in [0.1, 0.15) is 25.7 Å². The van der Waals surface area contributed by atoms with Gasteiger partial charge in [0.15, 0.2) is 5.96 Å². The maximum Gasteiger partial charge on any atom is 0.326 e. The van der Waals surface area contributed by atoms with Gasteiger partial charge in [-0.1, -0.05) is 0 Å². The number of nitrogens with two attached hydrogens (primary N) is 3. The summed E-state index contributed by atoms with van der Waals surface area (Å²) < 4.78 is 0. The van der Waals surface area contributed by atoms with Crippen LogP contribution in [0.15, 0.2) is 4.99 Å². The van der Waals surface area contributed by atoms with Gasteiger partial charge in [-0.15, -0.1) is 0 Å². The number of nitrogens with zero attached hydrogens (tertiary/aromatic N) is 2. The Morgan fingerprint density at radius 2 is 2.04 bits per heavy atom. The molecule has 0 aliphatic carbocycles. The third kappa shape index (κ3) is 5.74. The summed E-state index contributed by atoms with van der Waals surface area (Å²) in [5.41, 5.74) is 15.7. The van der Waals surface area contributed by atoms with Crippen molar-refractivity contribution in [1.29, 1.82) is 0 Å². The molecule has 1 rings (SSSR count). The van der Waals surface area contributed by atoms with E-state index in [9.17, 15) is 19.5 Å². The van der Waals surface area contributed by atoms with E-state index in [0.717, 1.165) is 0 Å². The first-order valence-electron chi connectivity index (χ1n) is 7.45. The molecule has 1 fully saturated rings. The monoisotopic (exact) mass is 328 g/mol. The Bertz CT molecular complexity index is 477. The molecule has 0 aromatic heterocycles. The fourth-order valence-electron chi connectivity index (χ4n) is 2.48. The molecule has 1 heterocycles. The highest BCUT2D eigenvalue weighted by Gasteiger charge is 2.35. The quantitative estimate of drug-likeness (QED) is 0.186. The molecular weight excluding hydrogens is 304 g/mol. The zero-order valence-corrected chi connectivity index (χ0v) is 12.9. The van der Waals surface area contributed by atoms with Gasteiger partial charge in [0.05, 0.1) is 6.54 Å². The predicted octanol–water partition coefficient (Wildman–Crippen LogP) is -2.44. The third-order valence-electron chi connectivity index (χ3n) is 3.61. The molecule has 0 spiro atoms. The van der Waals surface area contributed by atoms with Gasteiger partial charge in [-0.2, -0.15) is 0 Å². The summed E-state index contributed by atoms with van der Waals surface area (Å²) in [6.07, 6.45) is 1.78. The normalized spacial score (nSPS) is 18.3. The minimum absolute atomic E-state index is 0.0668. The smallest absolute Gasteiger partial charge is 0.326 e. The fourth-order valence-corrected chi connectivity index (χ4v) is 2.48. The topological polar surface area (TPSA) is 177 Å². The molecule has 1 saturated heterocycles. The third-order valence-corrected chi connectivity index (χ3v) is 3.61. The van der Waals surface area contributed by atoms with Gasteiger partial charge in [0, 0.05) is 13.1 Å². The van der Waals surface area contributed by atoms with Gasteiger partial charge in [-0.3, -0.25) is 14.6 Å². The van der Waals surface area contributed by atoms with E-state index in [4.69, 9.17) is 17.2 Å². The molecule has 0 radical (unpaired) electrons. The lowest BCUT2D eigenvalue weighted by Crippen LogP contribution is -2.51. The number of hydrogen-bond acceptors (Lipinski definition) is 5. The van der Waals surface area contributed by atoms with Crippen molar-refractivity contribution in [3.05, 3.63) is 0 Å². The van der Waals surface area contributed by atoms with E-state index in [1.165, 1.54) is 4.90 Å². The van der Waals surface area contributed by atoms with E-state index in [2.05, 4.69) is 10.3 Å². The van der Waals surface area contributed by atoms with Crippen LogP contribution in [0, 0.1) is 0 Å². The van der Waals surface area contributed by atoms with Gasteiger partial charge < -0.3 is 32.5 Å². The Morgan fingerprint density at radius 3 is 2.61 bits per heavy atom. The molecule has 130 valence electrons. The lowest BCUT2D eigenvalue weighted by atomic mass is 10.1. The number of rotatable bonds is 8. The maximum absolute atomic E-state index is 12.3. The summed E-state index contributed by atoms with van der Waals surface area (Å²) in [6, 6.07) is -1.71. The van der Waals surface area contributed by atoms with Crippen LogP contribution >= 0.6 is 0 Å². The molecule has 8 N–H and O–H groups in total. The van der Waals surface area contributed by atoms with Gasteiger partial charge in [0.25, 0.3) is 0 Å². The van der Waals surface area contributed by atoms with Gasteiger partial charge in [-0.05, 0) is 25.7 Å². The van der Waals surface area contributed by atoms with Crippen LogP contribution in [0.3, 0.4) is 0 Å². The van der Waals surface area contributed by atoms with Crippen LogP contribution in [0.2, 0.25) is 0 Å². The molecule has 2 atom stereocenters. The average molecular weight is 328 g/mol. The summed E-state index contributed by atoms with van der Waals surface area (Å²) in [7, 11) is 0. The van der Waals surface area contributed by atoms with Crippen LogP contribution in [0.4, 0.5) is 0 Å². The molecule has 1 aliphatic rings. The molecule has 10 heteroatoms. The summed E-state index contributed by atoms with van der Waals surface area (Å²) in [6.45, 7) is 0.560. The van der Waals surface area contributed by atoms with Crippen molar-refractivity contribution in [2.24, 2.45) is 22.2 Å². The molecule has 2 amide bonds. The second-order valence-corrected chi connectivity index (χ2v) is 5.30. The number of amides is 2. The lowest BCUT2D eigenvalue weighted by Gasteiger charge is -2.25. The van der Waals surface area contributed by atoms with E-state index in [-0.39, 0.29) is 31.4 Å². The van der Waals surface area contributed by atoms with Crippen molar-refractivity contribution >= 4 is 23.7 Å². The van der Waals surface area contributed by atoms with Crippen molar-refractivity contribution in [2.45, 2.75) is 37.8 Å². The highest BCUT2D eigenvalue weighted by atomic mass is 16.4. The number of carboxylic acid groups (broad SMARTS) is 1. The van der Waals surface area contributed by atoms with Gasteiger partial charge in [-0.25, -0.2) is 4.79 Å².